The van der Waals surface area contributed by atoms with Gasteiger partial charge in [-0.15, -0.1) is 0 Å². The number of nitrogens with two attached hydrogens (primary N) is 1. The summed E-state index contributed by atoms with van der Waals surface area (Å²) in [5.74, 6) is -1.73. The molecule has 5 nitrogen and oxygen atoms in total. The van der Waals surface area contributed by atoms with E-state index >= 15 is 0 Å². The average Bonchev–Trinajstić information content (AvgIpc) is 2.85. The van der Waals surface area contributed by atoms with Crippen molar-refractivity contribution in [3.05, 3.63) is 0 Å². The van der Waals surface area contributed by atoms with E-state index in [4.69, 9.17) is 14.3 Å². The first-order valence-corrected chi connectivity index (χ1v) is 7.00. The Morgan fingerprint density at radius 1 is 1.26 bits per heavy atom. The standard InChI is InChI=1S/C13H21NO4.ClH/c1-9(2)10-8-13(18-14-10)11(15)16-12(17-13)6-4-3-5-7-12;/h9-10,14H,3-8H2,1-2H3;1H/t10-,13-;/m1./s1. The minimum absolute atomic E-state index is 0. The van der Waals surface area contributed by atoms with E-state index in [0.29, 0.717) is 12.3 Å². The molecular weight excluding hydrogens is 270 g/mol. The molecule has 2 N–H and O–H groups in total. The minimum atomic E-state index is -1.15. The minimum Gasteiger partial charge on any atom is -1.00 e. The van der Waals surface area contributed by atoms with E-state index in [-0.39, 0.29) is 24.4 Å². The average molecular weight is 292 g/mol. The summed E-state index contributed by atoms with van der Waals surface area (Å²) in [6.07, 6.45) is 5.50. The molecule has 0 aromatic heterocycles. The summed E-state index contributed by atoms with van der Waals surface area (Å²) in [5.41, 5.74) is 1.76. The van der Waals surface area contributed by atoms with Crippen LogP contribution in [0.15, 0.2) is 0 Å². The maximum atomic E-state index is 12.1. The zero-order chi connectivity index (χ0) is 12.8. The molecule has 3 rings (SSSR count). The van der Waals surface area contributed by atoms with Crippen molar-refractivity contribution in [3.8, 4) is 0 Å². The summed E-state index contributed by atoms with van der Waals surface area (Å²) in [6, 6.07) is 0.260. The zero-order valence-corrected chi connectivity index (χ0v) is 12.2. The van der Waals surface area contributed by atoms with E-state index in [1.165, 1.54) is 6.42 Å². The molecule has 0 unspecified atom stereocenters. The van der Waals surface area contributed by atoms with Gasteiger partial charge in [-0.05, 0) is 12.8 Å². The molecule has 0 radical (unpaired) electrons. The summed E-state index contributed by atoms with van der Waals surface area (Å²) in [6.45, 7) is 4.25. The summed E-state index contributed by atoms with van der Waals surface area (Å²) in [4.78, 5) is 17.7. The van der Waals surface area contributed by atoms with Crippen LogP contribution in [-0.4, -0.2) is 23.6 Å². The summed E-state index contributed by atoms with van der Waals surface area (Å²) in [7, 11) is 0. The molecule has 2 aliphatic heterocycles. The maximum absolute atomic E-state index is 12.1. The van der Waals surface area contributed by atoms with E-state index in [0.717, 1.165) is 25.7 Å². The number of carbonyl (C=O) groups excluding carboxylic acids is 1. The largest absolute Gasteiger partial charge is 1.00 e. The molecule has 0 bridgehead atoms. The number of hydroxylamine groups is 1. The molecule has 2 spiro atoms. The van der Waals surface area contributed by atoms with Gasteiger partial charge in [0.2, 0.25) is 5.79 Å². The fourth-order valence-electron chi connectivity index (χ4n) is 3.10. The molecule has 0 aromatic carbocycles. The number of esters is 1. The molecule has 3 aliphatic rings. The van der Waals surface area contributed by atoms with Gasteiger partial charge < -0.3 is 17.1 Å². The lowest BCUT2D eigenvalue weighted by molar-refractivity contribution is -0.914. The molecule has 2 heterocycles. The normalized spacial score (nSPS) is 36.8. The van der Waals surface area contributed by atoms with Crippen molar-refractivity contribution in [1.29, 1.82) is 0 Å². The highest BCUT2D eigenvalue weighted by molar-refractivity contribution is 5.80. The van der Waals surface area contributed by atoms with Crippen LogP contribution in [0.3, 0.4) is 0 Å². The van der Waals surface area contributed by atoms with E-state index in [1.54, 1.807) is 5.48 Å². The molecule has 1 aliphatic carbocycles. The second-order valence-corrected chi connectivity index (χ2v) is 6.08. The molecule has 19 heavy (non-hydrogen) atoms. The summed E-state index contributed by atoms with van der Waals surface area (Å²) < 4.78 is 11.6. The second kappa shape index (κ2) is 5.20. The van der Waals surface area contributed by atoms with Gasteiger partial charge in [0.1, 0.15) is 6.04 Å². The van der Waals surface area contributed by atoms with Crippen molar-refractivity contribution >= 4 is 5.97 Å². The van der Waals surface area contributed by atoms with E-state index in [9.17, 15) is 4.79 Å². The van der Waals surface area contributed by atoms with Gasteiger partial charge in [-0.2, -0.15) is 10.3 Å². The Bertz CT molecular complexity index is 357. The number of carbonyl (C=O) groups is 1. The van der Waals surface area contributed by atoms with Gasteiger partial charge in [-0.25, -0.2) is 4.79 Å². The molecule has 6 heteroatoms. The van der Waals surface area contributed by atoms with Gasteiger partial charge in [-0.3, -0.25) is 4.74 Å². The maximum Gasteiger partial charge on any atom is 0.375 e. The first-order chi connectivity index (χ1) is 8.55. The van der Waals surface area contributed by atoms with Crippen LogP contribution in [0.5, 0.6) is 0 Å². The monoisotopic (exact) mass is 291 g/mol. The lowest BCUT2D eigenvalue weighted by Crippen LogP contribution is -3.00. The number of rotatable bonds is 1. The van der Waals surface area contributed by atoms with Gasteiger partial charge in [-0.1, -0.05) is 20.3 Å². The van der Waals surface area contributed by atoms with Crippen LogP contribution >= 0.6 is 0 Å². The van der Waals surface area contributed by atoms with Crippen molar-refractivity contribution in [2.24, 2.45) is 5.92 Å². The number of hydrogen-bond acceptors (Lipinski definition) is 4. The number of ether oxygens (including phenoxy) is 2. The van der Waals surface area contributed by atoms with Gasteiger partial charge in [0.15, 0.2) is 0 Å². The third-order valence-corrected chi connectivity index (χ3v) is 4.35. The van der Waals surface area contributed by atoms with E-state index in [1.807, 2.05) is 0 Å². The zero-order valence-electron chi connectivity index (χ0n) is 11.5. The molecule has 3 fully saturated rings. The lowest BCUT2D eigenvalue weighted by Gasteiger charge is -2.30. The van der Waals surface area contributed by atoms with Crippen molar-refractivity contribution in [3.63, 3.8) is 0 Å². The Balaban J connectivity index is 0.00000133. The molecule has 1 saturated carbocycles. The van der Waals surface area contributed by atoms with Crippen LogP contribution in [0.25, 0.3) is 0 Å². The van der Waals surface area contributed by atoms with Gasteiger partial charge >= 0.3 is 11.8 Å². The highest BCUT2D eigenvalue weighted by atomic mass is 35.5. The fraction of sp³-hybridized carbons (Fsp3) is 0.923. The van der Waals surface area contributed by atoms with E-state index < -0.39 is 11.6 Å². The van der Waals surface area contributed by atoms with Gasteiger partial charge in [0.05, 0.1) is 6.42 Å². The van der Waals surface area contributed by atoms with Crippen LogP contribution in [0.4, 0.5) is 0 Å². The molecule has 0 amide bonds. The molecule has 2 atom stereocenters. The molecule has 0 aromatic rings. The number of quaternary nitrogens is 1. The van der Waals surface area contributed by atoms with Crippen molar-refractivity contribution in [2.45, 2.75) is 70.0 Å². The van der Waals surface area contributed by atoms with Gasteiger partial charge in [0.25, 0.3) is 0 Å². The quantitative estimate of drug-likeness (QED) is 0.560. The number of halogens is 1. The van der Waals surface area contributed by atoms with Crippen LogP contribution in [0.2, 0.25) is 0 Å². The third kappa shape index (κ3) is 2.49. The van der Waals surface area contributed by atoms with Crippen LogP contribution in [0, 0.1) is 5.92 Å². The summed E-state index contributed by atoms with van der Waals surface area (Å²) in [5, 5.41) is 0. The predicted molar refractivity (Wildman–Crippen MR) is 62.0 cm³/mol. The highest BCUT2D eigenvalue weighted by Crippen LogP contribution is 2.45. The Morgan fingerprint density at radius 3 is 2.53 bits per heavy atom. The first kappa shape index (κ1) is 15.0. The van der Waals surface area contributed by atoms with Crippen molar-refractivity contribution < 1.29 is 37.0 Å². The first-order valence-electron chi connectivity index (χ1n) is 7.00. The Kier molecular flexibility index (Phi) is 4.12. The van der Waals surface area contributed by atoms with Gasteiger partial charge in [0, 0.05) is 18.8 Å². The predicted octanol–water partition coefficient (Wildman–Crippen LogP) is -2.16. The Labute approximate surface area is 119 Å². The highest BCUT2D eigenvalue weighted by Gasteiger charge is 2.65. The second-order valence-electron chi connectivity index (χ2n) is 6.08. The number of hydrogen-bond donors (Lipinski definition) is 1. The third-order valence-electron chi connectivity index (χ3n) is 4.35. The Morgan fingerprint density at radius 2 is 1.95 bits per heavy atom. The SMILES string of the molecule is CC(C)[C@H]1C[C@]2(O[NH2+]1)OC1(CCCCC1)OC2=O.[Cl-]. The molecule has 2 saturated heterocycles. The lowest BCUT2D eigenvalue weighted by atomic mass is 9.94. The van der Waals surface area contributed by atoms with Crippen molar-refractivity contribution in [2.75, 3.05) is 0 Å². The summed E-state index contributed by atoms with van der Waals surface area (Å²) >= 11 is 0. The van der Waals surface area contributed by atoms with Crippen LogP contribution in [0.1, 0.15) is 52.4 Å². The topological polar surface area (TPSA) is 61.4 Å². The smallest absolute Gasteiger partial charge is 0.375 e. The molecular formula is C13H22ClNO4. The fourth-order valence-corrected chi connectivity index (χ4v) is 3.10. The van der Waals surface area contributed by atoms with E-state index in [2.05, 4.69) is 13.8 Å². The van der Waals surface area contributed by atoms with Crippen molar-refractivity contribution in [1.82, 2.24) is 0 Å². The molecule has 110 valence electrons. The van der Waals surface area contributed by atoms with Crippen LogP contribution in [-0.2, 0) is 19.1 Å². The Hall–Kier alpha value is -0.360. The van der Waals surface area contributed by atoms with Crippen LogP contribution < -0.4 is 17.9 Å².